The highest BCUT2D eigenvalue weighted by Crippen LogP contribution is 2.30. The molecule has 6 heteroatoms. The molecule has 0 unspecified atom stereocenters. The fraction of sp³-hybridized carbons (Fsp3) is 0.929. The van der Waals surface area contributed by atoms with E-state index in [1.165, 1.54) is 0 Å². The topological polar surface area (TPSA) is 80.0 Å². The SMILES string of the molecule is COCCOCCOCCOC(=O)CC1(N)CCCC1. The van der Waals surface area contributed by atoms with Gasteiger partial charge in [0, 0.05) is 12.6 Å². The van der Waals surface area contributed by atoms with Gasteiger partial charge in [0.05, 0.1) is 39.5 Å². The maximum absolute atomic E-state index is 11.6. The fourth-order valence-corrected chi connectivity index (χ4v) is 2.27. The van der Waals surface area contributed by atoms with Gasteiger partial charge >= 0.3 is 5.97 Å². The molecular weight excluding hydrogens is 262 g/mol. The Labute approximate surface area is 120 Å². The average molecular weight is 289 g/mol. The van der Waals surface area contributed by atoms with Gasteiger partial charge in [0.2, 0.25) is 0 Å². The summed E-state index contributed by atoms with van der Waals surface area (Å²) in [5, 5.41) is 0. The van der Waals surface area contributed by atoms with Gasteiger partial charge in [0.15, 0.2) is 0 Å². The van der Waals surface area contributed by atoms with Gasteiger partial charge < -0.3 is 24.7 Å². The van der Waals surface area contributed by atoms with Crippen molar-refractivity contribution in [3.05, 3.63) is 0 Å². The Balaban J connectivity index is 1.89. The van der Waals surface area contributed by atoms with Crippen molar-refractivity contribution >= 4 is 5.97 Å². The van der Waals surface area contributed by atoms with Gasteiger partial charge in [-0.3, -0.25) is 4.79 Å². The van der Waals surface area contributed by atoms with Crippen LogP contribution in [-0.4, -0.2) is 58.3 Å². The van der Waals surface area contributed by atoms with E-state index in [0.717, 1.165) is 25.7 Å². The first-order chi connectivity index (χ1) is 9.66. The fourth-order valence-electron chi connectivity index (χ4n) is 2.27. The molecule has 0 bridgehead atoms. The van der Waals surface area contributed by atoms with Gasteiger partial charge in [-0.1, -0.05) is 12.8 Å². The second-order valence-corrected chi connectivity index (χ2v) is 5.18. The Hall–Kier alpha value is -0.690. The lowest BCUT2D eigenvalue weighted by molar-refractivity contribution is -0.146. The highest BCUT2D eigenvalue weighted by atomic mass is 16.6. The first kappa shape index (κ1) is 17.4. The summed E-state index contributed by atoms with van der Waals surface area (Å²) in [6.45, 7) is 2.81. The lowest BCUT2D eigenvalue weighted by Crippen LogP contribution is -2.39. The molecule has 0 aliphatic heterocycles. The van der Waals surface area contributed by atoms with E-state index in [9.17, 15) is 4.79 Å². The number of rotatable bonds is 11. The number of hydrogen-bond acceptors (Lipinski definition) is 6. The highest BCUT2D eigenvalue weighted by Gasteiger charge is 2.32. The minimum absolute atomic E-state index is 0.227. The van der Waals surface area contributed by atoms with E-state index in [1.807, 2.05) is 0 Å². The van der Waals surface area contributed by atoms with Crippen LogP contribution in [0, 0.1) is 0 Å². The summed E-state index contributed by atoms with van der Waals surface area (Å²) in [6, 6.07) is 0. The summed E-state index contributed by atoms with van der Waals surface area (Å²) in [6.07, 6.45) is 4.36. The molecule has 0 atom stereocenters. The number of carbonyl (C=O) groups is 1. The van der Waals surface area contributed by atoms with Crippen LogP contribution in [0.15, 0.2) is 0 Å². The maximum Gasteiger partial charge on any atom is 0.307 e. The van der Waals surface area contributed by atoms with Crippen LogP contribution in [0.25, 0.3) is 0 Å². The number of ether oxygens (including phenoxy) is 4. The van der Waals surface area contributed by atoms with Crippen LogP contribution in [0.3, 0.4) is 0 Å². The van der Waals surface area contributed by atoms with Gasteiger partial charge in [0.1, 0.15) is 6.61 Å². The second-order valence-electron chi connectivity index (χ2n) is 5.18. The first-order valence-corrected chi connectivity index (χ1v) is 7.25. The van der Waals surface area contributed by atoms with Crippen molar-refractivity contribution in [3.8, 4) is 0 Å². The summed E-state index contributed by atoms with van der Waals surface area (Å²) in [4.78, 5) is 11.6. The van der Waals surface area contributed by atoms with Crippen LogP contribution in [0.5, 0.6) is 0 Å². The molecule has 0 aromatic carbocycles. The molecule has 0 radical (unpaired) electrons. The van der Waals surface area contributed by atoms with Crippen molar-refractivity contribution in [1.82, 2.24) is 0 Å². The van der Waals surface area contributed by atoms with Crippen LogP contribution in [0.1, 0.15) is 32.1 Å². The van der Waals surface area contributed by atoms with Crippen LogP contribution in [0.4, 0.5) is 0 Å². The molecule has 1 aliphatic rings. The van der Waals surface area contributed by atoms with E-state index in [2.05, 4.69) is 0 Å². The minimum Gasteiger partial charge on any atom is -0.463 e. The summed E-state index contributed by atoms with van der Waals surface area (Å²) in [5.74, 6) is -0.227. The molecule has 0 amide bonds. The summed E-state index contributed by atoms with van der Waals surface area (Å²) in [7, 11) is 1.63. The molecule has 1 saturated carbocycles. The van der Waals surface area contributed by atoms with Gasteiger partial charge in [-0.25, -0.2) is 0 Å². The van der Waals surface area contributed by atoms with Crippen LogP contribution in [-0.2, 0) is 23.7 Å². The normalized spacial score (nSPS) is 17.3. The van der Waals surface area contributed by atoms with E-state index >= 15 is 0 Å². The molecular formula is C14H27NO5. The van der Waals surface area contributed by atoms with Crippen LogP contribution >= 0.6 is 0 Å². The summed E-state index contributed by atoms with van der Waals surface area (Å²) >= 11 is 0. The van der Waals surface area contributed by atoms with E-state index in [0.29, 0.717) is 39.5 Å². The molecule has 6 nitrogen and oxygen atoms in total. The Bertz CT molecular complexity index is 266. The third-order valence-corrected chi connectivity index (χ3v) is 3.39. The molecule has 0 spiro atoms. The molecule has 0 saturated heterocycles. The van der Waals surface area contributed by atoms with Crippen molar-refractivity contribution in [3.63, 3.8) is 0 Å². The summed E-state index contributed by atoms with van der Waals surface area (Å²) < 4.78 is 20.5. The molecule has 1 fully saturated rings. The van der Waals surface area contributed by atoms with Crippen LogP contribution < -0.4 is 5.73 Å². The lowest BCUT2D eigenvalue weighted by atomic mass is 9.95. The summed E-state index contributed by atoms with van der Waals surface area (Å²) in [5.41, 5.74) is 5.77. The lowest BCUT2D eigenvalue weighted by Gasteiger charge is -2.21. The number of nitrogens with two attached hydrogens (primary N) is 1. The van der Waals surface area contributed by atoms with Crippen molar-refractivity contribution in [2.45, 2.75) is 37.6 Å². The van der Waals surface area contributed by atoms with E-state index in [-0.39, 0.29) is 18.1 Å². The van der Waals surface area contributed by atoms with E-state index in [4.69, 9.17) is 24.7 Å². The number of methoxy groups -OCH3 is 1. The van der Waals surface area contributed by atoms with Crippen molar-refractivity contribution in [2.75, 3.05) is 46.8 Å². The highest BCUT2D eigenvalue weighted by molar-refractivity contribution is 5.70. The molecule has 0 aromatic rings. The van der Waals surface area contributed by atoms with E-state index in [1.54, 1.807) is 7.11 Å². The first-order valence-electron chi connectivity index (χ1n) is 7.25. The smallest absolute Gasteiger partial charge is 0.307 e. The van der Waals surface area contributed by atoms with Crippen LogP contribution in [0.2, 0.25) is 0 Å². The van der Waals surface area contributed by atoms with Crippen molar-refractivity contribution < 1.29 is 23.7 Å². The monoisotopic (exact) mass is 289 g/mol. The molecule has 20 heavy (non-hydrogen) atoms. The zero-order valence-electron chi connectivity index (χ0n) is 12.4. The molecule has 118 valence electrons. The van der Waals surface area contributed by atoms with Gasteiger partial charge in [-0.15, -0.1) is 0 Å². The molecule has 0 aromatic heterocycles. The predicted octanol–water partition coefficient (Wildman–Crippen LogP) is 0.871. The van der Waals surface area contributed by atoms with Gasteiger partial charge in [-0.2, -0.15) is 0 Å². The second kappa shape index (κ2) is 10.1. The number of esters is 1. The Morgan fingerprint density at radius 1 is 1.00 bits per heavy atom. The third-order valence-electron chi connectivity index (χ3n) is 3.39. The maximum atomic E-state index is 11.6. The molecule has 0 heterocycles. The Kier molecular flexibility index (Phi) is 8.77. The molecule has 2 N–H and O–H groups in total. The Morgan fingerprint density at radius 3 is 2.15 bits per heavy atom. The quantitative estimate of drug-likeness (QED) is 0.449. The predicted molar refractivity (Wildman–Crippen MR) is 74.5 cm³/mol. The largest absolute Gasteiger partial charge is 0.463 e. The standard InChI is InChI=1S/C14H27NO5/c1-17-6-7-18-8-9-19-10-11-20-13(16)12-14(15)4-2-3-5-14/h2-12,15H2,1H3. The number of hydrogen-bond donors (Lipinski definition) is 1. The Morgan fingerprint density at radius 2 is 1.55 bits per heavy atom. The van der Waals surface area contributed by atoms with Crippen molar-refractivity contribution in [1.29, 1.82) is 0 Å². The van der Waals surface area contributed by atoms with Gasteiger partial charge in [-0.05, 0) is 12.8 Å². The number of carbonyl (C=O) groups excluding carboxylic acids is 1. The zero-order chi connectivity index (χ0) is 14.7. The zero-order valence-corrected chi connectivity index (χ0v) is 12.4. The molecule has 1 aliphatic carbocycles. The average Bonchev–Trinajstić information content (AvgIpc) is 2.83. The molecule has 1 rings (SSSR count). The third kappa shape index (κ3) is 7.79. The minimum atomic E-state index is -0.340. The van der Waals surface area contributed by atoms with E-state index < -0.39 is 0 Å². The van der Waals surface area contributed by atoms with Crippen molar-refractivity contribution in [2.24, 2.45) is 5.73 Å². The van der Waals surface area contributed by atoms with Gasteiger partial charge in [0.25, 0.3) is 0 Å².